The first-order chi connectivity index (χ1) is 9.11. The number of hydrogen-bond acceptors (Lipinski definition) is 4. The Morgan fingerprint density at radius 1 is 1.50 bits per heavy atom. The molecule has 0 aromatic rings. The zero-order valence-corrected chi connectivity index (χ0v) is 14.2. The highest BCUT2D eigenvalue weighted by Gasteiger charge is 2.41. The van der Waals surface area contributed by atoms with E-state index in [1.54, 1.807) is 0 Å². The molecule has 2 rings (SSSR count). The molecule has 0 saturated heterocycles. The molecule has 0 saturated carbocycles. The maximum atomic E-state index is 10.8. The van der Waals surface area contributed by atoms with E-state index in [-0.39, 0.29) is 17.2 Å². The van der Waals surface area contributed by atoms with Gasteiger partial charge in [0.2, 0.25) is 0 Å². The van der Waals surface area contributed by atoms with Gasteiger partial charge in [0.1, 0.15) is 5.84 Å². The maximum absolute atomic E-state index is 10.8. The van der Waals surface area contributed by atoms with E-state index in [2.05, 4.69) is 42.8 Å². The zero-order chi connectivity index (χ0) is 15.1. The summed E-state index contributed by atoms with van der Waals surface area (Å²) in [6.45, 7) is 6.90. The molecule has 2 aliphatic heterocycles. The third-order valence-corrected chi connectivity index (χ3v) is 5.17. The summed E-state index contributed by atoms with van der Waals surface area (Å²) in [6.07, 6.45) is 4.33. The molecule has 0 bridgehead atoms. The Balaban J connectivity index is 2.16. The fourth-order valence-corrected chi connectivity index (χ4v) is 3.35. The maximum Gasteiger partial charge on any atom is 0.264 e. The summed E-state index contributed by atoms with van der Waals surface area (Å²) >= 11 is 3.49. The smallest absolute Gasteiger partial charge is 0.264 e. The molecule has 1 atom stereocenters. The highest BCUT2D eigenvalue weighted by molar-refractivity contribution is 9.11. The van der Waals surface area contributed by atoms with Crippen molar-refractivity contribution in [1.82, 2.24) is 4.90 Å². The minimum absolute atomic E-state index is 0.0378. The van der Waals surface area contributed by atoms with Crippen molar-refractivity contribution in [3.05, 3.63) is 22.3 Å². The zero-order valence-electron chi connectivity index (χ0n) is 11.8. The molecule has 20 heavy (non-hydrogen) atoms. The third-order valence-electron chi connectivity index (χ3n) is 3.93. The van der Waals surface area contributed by atoms with E-state index in [1.807, 2.05) is 11.1 Å². The predicted octanol–water partition coefficient (Wildman–Crippen LogP) is 2.57. The Morgan fingerprint density at radius 2 is 2.15 bits per heavy atom. The Hall–Kier alpha value is -0.660. The van der Waals surface area contributed by atoms with E-state index in [0.29, 0.717) is 13.0 Å². The number of hydrogen-bond donors (Lipinski definition) is 1. The Morgan fingerprint density at radius 3 is 2.75 bits per heavy atom. The van der Waals surface area contributed by atoms with Crippen LogP contribution in [0, 0.1) is 5.41 Å². The molecule has 5 nitrogen and oxygen atoms in total. The second-order valence-corrected chi connectivity index (χ2v) is 8.24. The normalized spacial score (nSPS) is 24.9. The van der Waals surface area contributed by atoms with Crippen molar-refractivity contribution in [2.75, 3.05) is 12.3 Å². The van der Waals surface area contributed by atoms with Crippen LogP contribution in [0.15, 0.2) is 27.3 Å². The molecule has 0 aliphatic carbocycles. The lowest BCUT2D eigenvalue weighted by Crippen LogP contribution is -2.33. The number of amidine groups is 1. The summed E-state index contributed by atoms with van der Waals surface area (Å²) in [5, 5.41) is 0. The lowest BCUT2D eigenvalue weighted by Gasteiger charge is -2.30. The highest BCUT2D eigenvalue weighted by atomic mass is 79.9. The number of nitrogens with zero attached hydrogens (tertiary/aromatic N) is 2. The van der Waals surface area contributed by atoms with E-state index < -0.39 is 10.1 Å². The van der Waals surface area contributed by atoms with Crippen molar-refractivity contribution in [2.45, 2.75) is 33.2 Å². The average Bonchev–Trinajstić information content (AvgIpc) is 2.50. The fraction of sp³-hybridized carbons (Fsp3) is 0.615. The van der Waals surface area contributed by atoms with Gasteiger partial charge in [-0.1, -0.05) is 13.8 Å². The topological polar surface area (TPSA) is 70.0 Å². The summed E-state index contributed by atoms with van der Waals surface area (Å²) < 4.78 is 31.3. The van der Waals surface area contributed by atoms with Crippen molar-refractivity contribution in [3.8, 4) is 0 Å². The summed E-state index contributed by atoms with van der Waals surface area (Å²) in [4.78, 5) is 6.65. The van der Waals surface area contributed by atoms with E-state index in [9.17, 15) is 8.42 Å². The summed E-state index contributed by atoms with van der Waals surface area (Å²) in [5.74, 6) is 0.668. The van der Waals surface area contributed by atoms with E-state index in [4.69, 9.17) is 9.55 Å². The number of rotatable bonds is 4. The number of halogens is 1. The van der Waals surface area contributed by atoms with E-state index in [1.165, 1.54) is 0 Å². The monoisotopic (exact) mass is 362 g/mol. The van der Waals surface area contributed by atoms with Gasteiger partial charge in [-0.05, 0) is 35.4 Å². The van der Waals surface area contributed by atoms with Crippen LogP contribution in [0.4, 0.5) is 0 Å². The van der Waals surface area contributed by atoms with Gasteiger partial charge in [-0.2, -0.15) is 8.42 Å². The van der Waals surface area contributed by atoms with Gasteiger partial charge in [0.05, 0.1) is 11.8 Å². The molecule has 2 heterocycles. The quantitative estimate of drug-likeness (QED) is 0.780. The summed E-state index contributed by atoms with van der Waals surface area (Å²) in [7, 11) is -3.91. The largest absolute Gasteiger partial charge is 0.332 e. The first-order valence-corrected chi connectivity index (χ1v) is 8.91. The van der Waals surface area contributed by atoms with Crippen molar-refractivity contribution < 1.29 is 13.0 Å². The molecule has 0 fully saturated rings. The molecule has 0 amide bonds. The number of aliphatic imine (C=N–C) groups is 1. The molecular weight excluding hydrogens is 344 g/mol. The van der Waals surface area contributed by atoms with Crippen LogP contribution in [-0.4, -0.2) is 42.0 Å². The van der Waals surface area contributed by atoms with Crippen LogP contribution in [0.25, 0.3) is 0 Å². The van der Waals surface area contributed by atoms with Crippen molar-refractivity contribution in [1.29, 1.82) is 0 Å². The SMILES string of the molecule is CC1N=C2C(=CC(Br)=CN2CCCS(=O)(=O)O)C1(C)C. The van der Waals surface area contributed by atoms with Crippen LogP contribution in [0.5, 0.6) is 0 Å². The molecule has 1 N–H and O–H groups in total. The average molecular weight is 363 g/mol. The van der Waals surface area contributed by atoms with E-state index >= 15 is 0 Å². The molecular formula is C13H19BrN2O3S. The van der Waals surface area contributed by atoms with Gasteiger partial charge in [0.15, 0.2) is 0 Å². The van der Waals surface area contributed by atoms with Gasteiger partial charge in [-0.15, -0.1) is 0 Å². The van der Waals surface area contributed by atoms with Crippen LogP contribution in [0.3, 0.4) is 0 Å². The third kappa shape index (κ3) is 3.15. The van der Waals surface area contributed by atoms with Crippen LogP contribution in [-0.2, 0) is 10.1 Å². The molecule has 0 aromatic carbocycles. The van der Waals surface area contributed by atoms with Crippen molar-refractivity contribution >= 4 is 31.9 Å². The lowest BCUT2D eigenvalue weighted by molar-refractivity contribution is 0.402. The van der Waals surface area contributed by atoms with E-state index in [0.717, 1.165) is 15.9 Å². The first-order valence-electron chi connectivity index (χ1n) is 6.51. The van der Waals surface area contributed by atoms with Gasteiger partial charge in [-0.25, -0.2) is 0 Å². The highest BCUT2D eigenvalue weighted by Crippen LogP contribution is 2.42. The van der Waals surface area contributed by atoms with Crippen LogP contribution in [0.1, 0.15) is 27.2 Å². The molecule has 1 unspecified atom stereocenters. The number of fused-ring (bicyclic) bond motifs is 1. The first kappa shape index (κ1) is 15.7. The minimum atomic E-state index is -3.91. The lowest BCUT2D eigenvalue weighted by atomic mass is 9.79. The number of allylic oxidation sites excluding steroid dienone is 2. The van der Waals surface area contributed by atoms with Crippen LogP contribution in [0.2, 0.25) is 0 Å². The molecule has 0 radical (unpaired) electrons. The summed E-state index contributed by atoms with van der Waals surface area (Å²) in [5.41, 5.74) is 1.12. The minimum Gasteiger partial charge on any atom is -0.332 e. The van der Waals surface area contributed by atoms with Crippen LogP contribution < -0.4 is 0 Å². The Labute approximate surface area is 128 Å². The Kier molecular flexibility index (Phi) is 4.15. The second-order valence-electron chi connectivity index (χ2n) is 5.76. The van der Waals surface area contributed by atoms with Gasteiger partial charge in [0.25, 0.3) is 10.1 Å². The molecule has 2 aliphatic rings. The van der Waals surface area contributed by atoms with Crippen LogP contribution >= 0.6 is 15.9 Å². The molecule has 7 heteroatoms. The predicted molar refractivity (Wildman–Crippen MR) is 83.5 cm³/mol. The molecule has 112 valence electrons. The summed E-state index contributed by atoms with van der Waals surface area (Å²) in [6, 6.07) is 0.180. The molecule has 0 spiro atoms. The Bertz CT molecular complexity index is 605. The van der Waals surface area contributed by atoms with Gasteiger partial charge >= 0.3 is 0 Å². The second kappa shape index (κ2) is 5.27. The van der Waals surface area contributed by atoms with Crippen molar-refractivity contribution in [2.24, 2.45) is 10.4 Å². The van der Waals surface area contributed by atoms with Crippen molar-refractivity contribution in [3.63, 3.8) is 0 Å². The van der Waals surface area contributed by atoms with Gasteiger partial charge in [0, 0.05) is 28.2 Å². The molecule has 0 aromatic heterocycles. The fourth-order valence-electron chi connectivity index (χ4n) is 2.38. The van der Waals surface area contributed by atoms with Gasteiger partial charge in [-0.3, -0.25) is 9.55 Å². The van der Waals surface area contributed by atoms with Gasteiger partial charge < -0.3 is 4.90 Å². The standard InChI is InChI=1S/C13H19BrN2O3S/c1-9-13(2,3)11-7-10(14)8-16(12(11)15-9)5-4-6-20(17,18)19/h7-9H,4-6H2,1-3H3,(H,17,18,19).